The Bertz CT molecular complexity index is 174. The molecular weight excluding hydrogens is 152 g/mol. The van der Waals surface area contributed by atoms with Crippen LogP contribution < -0.4 is 4.72 Å². The summed E-state index contributed by atoms with van der Waals surface area (Å²) in [5.41, 5.74) is 0. The van der Waals surface area contributed by atoms with Crippen LogP contribution in [0, 0.1) is 0 Å². The van der Waals surface area contributed by atoms with Crippen LogP contribution in [-0.2, 0) is 10.0 Å². The molecule has 0 aromatic rings. The molecule has 62 valence electrons. The van der Waals surface area contributed by atoms with Gasteiger partial charge in [0, 0.05) is 13.1 Å². The molecule has 0 aromatic heterocycles. The molecule has 0 aliphatic rings. The van der Waals surface area contributed by atoms with Crippen LogP contribution in [-0.4, -0.2) is 46.8 Å². The lowest BCUT2D eigenvalue weighted by molar-refractivity contribution is 0.412. The predicted octanol–water partition coefficient (Wildman–Crippen LogP) is -0.903. The van der Waals surface area contributed by atoms with Crippen molar-refractivity contribution in [2.75, 3.05) is 33.4 Å². The van der Waals surface area contributed by atoms with Crippen LogP contribution in [0.25, 0.3) is 0 Å². The molecule has 4 nitrogen and oxygen atoms in total. The number of nitrogens with one attached hydrogen (secondary N) is 1. The summed E-state index contributed by atoms with van der Waals surface area (Å²) in [4.78, 5) is 1.91. The van der Waals surface area contributed by atoms with Gasteiger partial charge in [-0.15, -0.1) is 0 Å². The summed E-state index contributed by atoms with van der Waals surface area (Å²) in [7, 11) is 0.789. The van der Waals surface area contributed by atoms with Crippen LogP contribution >= 0.6 is 0 Å². The fraction of sp³-hybridized carbons (Fsp3) is 1.00. The quantitative estimate of drug-likeness (QED) is 0.588. The number of rotatable bonds is 4. The third-order valence-corrected chi connectivity index (χ3v) is 1.65. The highest BCUT2D eigenvalue weighted by molar-refractivity contribution is 7.88. The lowest BCUT2D eigenvalue weighted by Crippen LogP contribution is -2.30. The lowest BCUT2D eigenvalue weighted by Gasteiger charge is -2.08. The van der Waals surface area contributed by atoms with Crippen molar-refractivity contribution in [2.24, 2.45) is 0 Å². The normalized spacial score (nSPS) is 12.4. The van der Waals surface area contributed by atoms with E-state index in [4.69, 9.17) is 0 Å². The van der Waals surface area contributed by atoms with E-state index in [2.05, 4.69) is 4.72 Å². The third kappa shape index (κ3) is 7.87. The first-order valence-corrected chi connectivity index (χ1v) is 4.90. The molecule has 0 saturated carbocycles. The zero-order valence-corrected chi connectivity index (χ0v) is 7.40. The van der Waals surface area contributed by atoms with E-state index in [1.807, 2.05) is 19.0 Å². The molecule has 0 spiro atoms. The topological polar surface area (TPSA) is 49.4 Å². The zero-order chi connectivity index (χ0) is 8.20. The number of hydrogen-bond donors (Lipinski definition) is 1. The Labute approximate surface area is 62.3 Å². The Morgan fingerprint density at radius 1 is 1.40 bits per heavy atom. The van der Waals surface area contributed by atoms with Crippen LogP contribution in [0.15, 0.2) is 0 Å². The average Bonchev–Trinajstić information content (AvgIpc) is 1.59. The summed E-state index contributed by atoms with van der Waals surface area (Å²) in [6, 6.07) is 0. The Hall–Kier alpha value is -0.130. The van der Waals surface area contributed by atoms with Gasteiger partial charge in [0.1, 0.15) is 0 Å². The summed E-state index contributed by atoms with van der Waals surface area (Å²) in [5, 5.41) is 0. The minimum Gasteiger partial charge on any atom is -0.308 e. The van der Waals surface area contributed by atoms with E-state index >= 15 is 0 Å². The smallest absolute Gasteiger partial charge is 0.208 e. The molecule has 0 aliphatic heterocycles. The van der Waals surface area contributed by atoms with Gasteiger partial charge in [0.25, 0.3) is 0 Å². The minimum atomic E-state index is -3.00. The second kappa shape index (κ2) is 3.90. The Morgan fingerprint density at radius 3 is 2.20 bits per heavy atom. The first kappa shape index (κ1) is 9.87. The van der Waals surface area contributed by atoms with Gasteiger partial charge in [-0.3, -0.25) is 0 Å². The van der Waals surface area contributed by atoms with Crippen molar-refractivity contribution in [3.8, 4) is 0 Å². The van der Waals surface area contributed by atoms with E-state index in [9.17, 15) is 8.42 Å². The van der Waals surface area contributed by atoms with Crippen LogP contribution in [0.1, 0.15) is 0 Å². The largest absolute Gasteiger partial charge is 0.308 e. The molecule has 10 heavy (non-hydrogen) atoms. The van der Waals surface area contributed by atoms with Crippen molar-refractivity contribution in [1.29, 1.82) is 0 Å². The summed E-state index contributed by atoms with van der Waals surface area (Å²) in [6.45, 7) is 1.21. The SMILES string of the molecule is CN(C)CCNS(C)(=O)=O. The van der Waals surface area contributed by atoms with Crippen molar-refractivity contribution in [2.45, 2.75) is 0 Å². The summed E-state index contributed by atoms with van der Waals surface area (Å²) in [6.07, 6.45) is 1.16. The standard InChI is InChI=1S/C5H14N2O2S/c1-7(2)5-4-6-10(3,8)9/h6H,4-5H2,1-3H3. The fourth-order valence-corrected chi connectivity index (χ4v) is 0.917. The molecule has 0 fully saturated rings. The number of likely N-dealkylation sites (N-methyl/N-ethyl adjacent to an activating group) is 1. The molecule has 0 unspecified atom stereocenters. The highest BCUT2D eigenvalue weighted by Gasteiger charge is 1.98. The molecule has 0 saturated heterocycles. The number of nitrogens with zero attached hydrogens (tertiary/aromatic N) is 1. The Kier molecular flexibility index (Phi) is 3.85. The maximum Gasteiger partial charge on any atom is 0.208 e. The summed E-state index contributed by atoms with van der Waals surface area (Å²) in [5.74, 6) is 0. The molecular formula is C5H14N2O2S. The maximum absolute atomic E-state index is 10.5. The van der Waals surface area contributed by atoms with Gasteiger partial charge in [0.05, 0.1) is 6.26 Å². The maximum atomic E-state index is 10.5. The van der Waals surface area contributed by atoms with Crippen LogP contribution in [0.2, 0.25) is 0 Å². The van der Waals surface area contributed by atoms with Gasteiger partial charge in [0.2, 0.25) is 10.0 Å². The third-order valence-electron chi connectivity index (χ3n) is 0.923. The van der Waals surface area contributed by atoms with Gasteiger partial charge >= 0.3 is 0 Å². The van der Waals surface area contributed by atoms with Gasteiger partial charge < -0.3 is 4.90 Å². The van der Waals surface area contributed by atoms with Crippen molar-refractivity contribution < 1.29 is 8.42 Å². The molecule has 0 aliphatic carbocycles. The second-order valence-electron chi connectivity index (χ2n) is 2.47. The zero-order valence-electron chi connectivity index (χ0n) is 6.59. The highest BCUT2D eigenvalue weighted by Crippen LogP contribution is 1.74. The van der Waals surface area contributed by atoms with Gasteiger partial charge in [0.15, 0.2) is 0 Å². The first-order chi connectivity index (χ1) is 4.42. The van der Waals surface area contributed by atoms with E-state index in [1.165, 1.54) is 0 Å². The van der Waals surface area contributed by atoms with Gasteiger partial charge in [-0.25, -0.2) is 13.1 Å². The van der Waals surface area contributed by atoms with Gasteiger partial charge in [-0.1, -0.05) is 0 Å². The summed E-state index contributed by atoms with van der Waals surface area (Å²) < 4.78 is 23.3. The Morgan fingerprint density at radius 2 is 1.90 bits per heavy atom. The molecule has 0 bridgehead atoms. The molecule has 0 heterocycles. The van der Waals surface area contributed by atoms with Gasteiger partial charge in [-0.05, 0) is 14.1 Å². The number of hydrogen-bond acceptors (Lipinski definition) is 3. The fourth-order valence-electron chi connectivity index (χ4n) is 0.455. The van der Waals surface area contributed by atoms with Crippen molar-refractivity contribution in [3.05, 3.63) is 0 Å². The number of sulfonamides is 1. The van der Waals surface area contributed by atoms with E-state index in [0.29, 0.717) is 6.54 Å². The predicted molar refractivity (Wildman–Crippen MR) is 41.4 cm³/mol. The van der Waals surface area contributed by atoms with Crippen molar-refractivity contribution >= 4 is 10.0 Å². The molecule has 0 rings (SSSR count). The van der Waals surface area contributed by atoms with Crippen LogP contribution in [0.4, 0.5) is 0 Å². The minimum absolute atomic E-state index is 0.478. The van der Waals surface area contributed by atoms with Gasteiger partial charge in [-0.2, -0.15) is 0 Å². The Balaban J connectivity index is 3.39. The first-order valence-electron chi connectivity index (χ1n) is 3.01. The molecule has 0 atom stereocenters. The van der Waals surface area contributed by atoms with E-state index in [-0.39, 0.29) is 0 Å². The molecule has 0 amide bonds. The molecule has 1 N–H and O–H groups in total. The summed E-state index contributed by atoms with van der Waals surface area (Å²) >= 11 is 0. The lowest BCUT2D eigenvalue weighted by atomic mass is 10.6. The molecule has 5 heteroatoms. The molecule has 0 radical (unpaired) electrons. The monoisotopic (exact) mass is 166 g/mol. The van der Waals surface area contributed by atoms with E-state index in [1.54, 1.807) is 0 Å². The van der Waals surface area contributed by atoms with E-state index in [0.717, 1.165) is 12.8 Å². The van der Waals surface area contributed by atoms with E-state index < -0.39 is 10.0 Å². The van der Waals surface area contributed by atoms with Crippen molar-refractivity contribution in [3.63, 3.8) is 0 Å². The van der Waals surface area contributed by atoms with Crippen molar-refractivity contribution in [1.82, 2.24) is 9.62 Å². The average molecular weight is 166 g/mol. The van der Waals surface area contributed by atoms with Crippen LogP contribution in [0.5, 0.6) is 0 Å². The second-order valence-corrected chi connectivity index (χ2v) is 4.30. The van der Waals surface area contributed by atoms with Crippen LogP contribution in [0.3, 0.4) is 0 Å². The molecule has 0 aromatic carbocycles. The highest BCUT2D eigenvalue weighted by atomic mass is 32.2.